The number of anilines is 1. The number of hydrogen-bond donors (Lipinski definition) is 1. The predicted octanol–water partition coefficient (Wildman–Crippen LogP) is 4.55. The van der Waals surface area contributed by atoms with E-state index in [9.17, 15) is 18.0 Å². The molecule has 1 N–H and O–H groups in total. The summed E-state index contributed by atoms with van der Waals surface area (Å²) >= 11 is 0. The second-order valence-corrected chi connectivity index (χ2v) is 7.70. The summed E-state index contributed by atoms with van der Waals surface area (Å²) < 4.78 is 41.5. The van der Waals surface area contributed by atoms with E-state index in [1.807, 2.05) is 20.8 Å². The Balaban J connectivity index is 2.06. The average Bonchev–Trinajstić information content (AvgIpc) is 2.71. The van der Waals surface area contributed by atoms with Gasteiger partial charge in [0.1, 0.15) is 5.52 Å². The third-order valence-corrected chi connectivity index (χ3v) is 4.27. The lowest BCUT2D eigenvalue weighted by atomic mass is 9.92. The van der Waals surface area contributed by atoms with Crippen LogP contribution in [0.25, 0.3) is 11.2 Å². The first-order valence-electron chi connectivity index (χ1n) is 8.30. The van der Waals surface area contributed by atoms with Crippen LogP contribution in [-0.4, -0.2) is 20.4 Å². The van der Waals surface area contributed by atoms with Gasteiger partial charge in [-0.2, -0.15) is 13.2 Å². The summed E-state index contributed by atoms with van der Waals surface area (Å²) in [6.07, 6.45) is -0.453. The van der Waals surface area contributed by atoms with Crippen LogP contribution in [0.5, 0.6) is 0 Å². The quantitative estimate of drug-likeness (QED) is 0.880. The van der Waals surface area contributed by atoms with E-state index in [-0.39, 0.29) is 40.9 Å². The van der Waals surface area contributed by atoms with Gasteiger partial charge in [-0.3, -0.25) is 14.7 Å². The molecule has 0 aromatic carbocycles. The third kappa shape index (κ3) is 3.62. The van der Waals surface area contributed by atoms with Crippen molar-refractivity contribution in [1.82, 2.24) is 14.5 Å². The van der Waals surface area contributed by atoms with Gasteiger partial charge in [0, 0.05) is 18.7 Å². The van der Waals surface area contributed by atoms with Crippen LogP contribution in [0.1, 0.15) is 58.1 Å². The zero-order valence-electron chi connectivity index (χ0n) is 14.4. The van der Waals surface area contributed by atoms with Crippen LogP contribution in [0, 0.1) is 5.41 Å². The highest BCUT2D eigenvalue weighted by Gasteiger charge is 2.36. The topological polar surface area (TPSA) is 59.8 Å². The number of rotatable bonds is 3. The summed E-state index contributed by atoms with van der Waals surface area (Å²) in [7, 11) is 0. The Morgan fingerprint density at radius 3 is 2.52 bits per heavy atom. The van der Waals surface area contributed by atoms with E-state index in [0.717, 1.165) is 31.5 Å². The normalized spacial score (nSPS) is 16.1. The largest absolute Gasteiger partial charge is 0.418 e. The molecule has 1 saturated carbocycles. The van der Waals surface area contributed by atoms with Crippen LogP contribution in [0.2, 0.25) is 0 Å². The van der Waals surface area contributed by atoms with Crippen molar-refractivity contribution < 1.29 is 18.0 Å². The van der Waals surface area contributed by atoms with Crippen molar-refractivity contribution in [3.63, 3.8) is 0 Å². The highest BCUT2D eigenvalue weighted by molar-refractivity contribution is 5.92. The Labute approximate surface area is 143 Å². The molecule has 2 aromatic rings. The van der Waals surface area contributed by atoms with Crippen LogP contribution in [0.4, 0.5) is 19.1 Å². The molecule has 25 heavy (non-hydrogen) atoms. The summed E-state index contributed by atoms with van der Waals surface area (Å²) in [4.78, 5) is 20.5. The van der Waals surface area contributed by atoms with Gasteiger partial charge < -0.3 is 0 Å². The number of pyridine rings is 1. The number of alkyl halides is 3. The molecule has 136 valence electrons. The van der Waals surface area contributed by atoms with Crippen LogP contribution >= 0.6 is 0 Å². The molecule has 1 aliphatic carbocycles. The fourth-order valence-corrected chi connectivity index (χ4v) is 2.95. The number of nitrogens with zero attached hydrogens (tertiary/aromatic N) is 3. The minimum atomic E-state index is -4.52. The zero-order valence-corrected chi connectivity index (χ0v) is 14.4. The molecule has 0 aliphatic heterocycles. The van der Waals surface area contributed by atoms with Crippen molar-refractivity contribution in [1.29, 1.82) is 0 Å². The number of nitrogens with one attached hydrogen (secondary N) is 1. The molecule has 0 saturated heterocycles. The average molecular weight is 354 g/mol. The molecule has 3 rings (SSSR count). The molecule has 0 atom stereocenters. The number of halogens is 3. The van der Waals surface area contributed by atoms with Gasteiger partial charge in [-0.15, -0.1) is 0 Å². The number of amides is 1. The Bertz CT molecular complexity index is 801. The number of fused-ring (bicyclic) bond motifs is 1. The lowest BCUT2D eigenvalue weighted by Crippen LogP contribution is -2.24. The van der Waals surface area contributed by atoms with E-state index in [1.165, 1.54) is 0 Å². The van der Waals surface area contributed by atoms with Crippen LogP contribution in [-0.2, 0) is 11.0 Å². The van der Waals surface area contributed by atoms with Crippen molar-refractivity contribution in [2.45, 2.75) is 58.7 Å². The van der Waals surface area contributed by atoms with Gasteiger partial charge in [0.15, 0.2) is 5.65 Å². The minimum Gasteiger partial charge on any atom is -0.296 e. The van der Waals surface area contributed by atoms with E-state index in [0.29, 0.717) is 0 Å². The van der Waals surface area contributed by atoms with Crippen LogP contribution < -0.4 is 5.32 Å². The molecule has 2 heterocycles. The molecule has 0 unspecified atom stereocenters. The summed E-state index contributed by atoms with van der Waals surface area (Å²) in [5.74, 6) is -0.116. The second kappa shape index (κ2) is 6.00. The van der Waals surface area contributed by atoms with Crippen molar-refractivity contribution >= 4 is 23.0 Å². The predicted molar refractivity (Wildman–Crippen MR) is 88.1 cm³/mol. The second-order valence-electron chi connectivity index (χ2n) is 7.70. The maximum Gasteiger partial charge on any atom is 0.418 e. The lowest BCUT2D eigenvalue weighted by Gasteiger charge is -2.28. The molecule has 1 fully saturated rings. The van der Waals surface area contributed by atoms with Crippen molar-refractivity contribution in [2.75, 3.05) is 5.32 Å². The monoisotopic (exact) mass is 354 g/mol. The standard InChI is InChI=1S/C17H21F3N4O/c1-16(2,3)9-12(25)22-15-23-13-11(17(18,19)20)7-8-21-14(13)24(15)10-5-4-6-10/h7-8,10H,4-6,9H2,1-3H3,(H,22,23,25). The molecule has 0 bridgehead atoms. The molecular weight excluding hydrogens is 333 g/mol. The molecule has 8 heteroatoms. The Morgan fingerprint density at radius 2 is 2.00 bits per heavy atom. The number of imidazole rings is 1. The number of carbonyl (C=O) groups excluding carboxylic acids is 1. The van der Waals surface area contributed by atoms with Gasteiger partial charge >= 0.3 is 6.18 Å². The van der Waals surface area contributed by atoms with Crippen molar-refractivity contribution in [3.05, 3.63) is 17.8 Å². The molecule has 0 radical (unpaired) electrons. The van der Waals surface area contributed by atoms with Crippen LogP contribution in [0.15, 0.2) is 12.3 Å². The Hall–Kier alpha value is -2.12. The first kappa shape index (κ1) is 17.7. The minimum absolute atomic E-state index is 0.0194. The summed E-state index contributed by atoms with van der Waals surface area (Å²) in [5.41, 5.74) is -1.10. The van der Waals surface area contributed by atoms with Gasteiger partial charge in [0.05, 0.1) is 5.56 Å². The number of carbonyl (C=O) groups is 1. The van der Waals surface area contributed by atoms with E-state index in [4.69, 9.17) is 0 Å². The van der Waals surface area contributed by atoms with Gasteiger partial charge in [-0.1, -0.05) is 20.8 Å². The molecule has 1 amide bonds. The van der Waals surface area contributed by atoms with Crippen molar-refractivity contribution in [2.24, 2.45) is 5.41 Å². The number of hydrogen-bond acceptors (Lipinski definition) is 3. The maximum atomic E-state index is 13.3. The van der Waals surface area contributed by atoms with E-state index >= 15 is 0 Å². The van der Waals surface area contributed by atoms with Gasteiger partial charge in [-0.25, -0.2) is 9.97 Å². The molecule has 1 aliphatic rings. The SMILES string of the molecule is CC(C)(C)CC(=O)Nc1nc2c(C(F)(F)F)ccnc2n1C1CCC1. The Morgan fingerprint density at radius 1 is 1.32 bits per heavy atom. The maximum absolute atomic E-state index is 13.3. The van der Waals surface area contributed by atoms with E-state index in [2.05, 4.69) is 15.3 Å². The fraction of sp³-hybridized carbons (Fsp3) is 0.588. The van der Waals surface area contributed by atoms with Gasteiger partial charge in [-0.05, 0) is 30.7 Å². The molecular formula is C17H21F3N4O. The van der Waals surface area contributed by atoms with Gasteiger partial charge in [0.25, 0.3) is 0 Å². The first-order chi connectivity index (χ1) is 11.6. The summed E-state index contributed by atoms with van der Waals surface area (Å²) in [5, 5.41) is 2.69. The molecule has 5 nitrogen and oxygen atoms in total. The third-order valence-electron chi connectivity index (χ3n) is 4.27. The van der Waals surface area contributed by atoms with E-state index < -0.39 is 11.7 Å². The highest BCUT2D eigenvalue weighted by Crippen LogP contribution is 2.40. The highest BCUT2D eigenvalue weighted by atomic mass is 19.4. The van der Waals surface area contributed by atoms with E-state index in [1.54, 1.807) is 4.57 Å². The number of aromatic nitrogens is 3. The zero-order chi connectivity index (χ0) is 18.4. The molecule has 0 spiro atoms. The lowest BCUT2D eigenvalue weighted by molar-refractivity contribution is -0.136. The fourth-order valence-electron chi connectivity index (χ4n) is 2.95. The van der Waals surface area contributed by atoms with Crippen molar-refractivity contribution in [3.8, 4) is 0 Å². The Kier molecular flexibility index (Phi) is 4.25. The molecule has 2 aromatic heterocycles. The van der Waals surface area contributed by atoms with Crippen LogP contribution in [0.3, 0.4) is 0 Å². The van der Waals surface area contributed by atoms with Gasteiger partial charge in [0.2, 0.25) is 11.9 Å². The summed E-state index contributed by atoms with van der Waals surface area (Å²) in [6, 6.07) is 0.937. The summed E-state index contributed by atoms with van der Waals surface area (Å²) in [6.45, 7) is 5.76. The smallest absolute Gasteiger partial charge is 0.296 e. The first-order valence-corrected chi connectivity index (χ1v) is 8.30.